The minimum Gasteiger partial charge on any atom is -0.459 e. The molecule has 7 rings (SSSR count). The third-order valence-electron chi connectivity index (χ3n) is 9.84. The zero-order valence-corrected chi connectivity index (χ0v) is 23.7. The first-order valence-corrected chi connectivity index (χ1v) is 15.0. The molecule has 2 N–H and O–H groups in total. The van der Waals surface area contributed by atoms with Crippen LogP contribution in [0.1, 0.15) is 70.6 Å². The summed E-state index contributed by atoms with van der Waals surface area (Å²) in [7, 11) is 1.58. The molecule has 216 valence electrons. The van der Waals surface area contributed by atoms with Crippen LogP contribution >= 0.6 is 0 Å². The lowest BCUT2D eigenvalue weighted by Gasteiger charge is -2.55. The van der Waals surface area contributed by atoms with Gasteiger partial charge in [0.05, 0.1) is 13.0 Å². The van der Waals surface area contributed by atoms with Gasteiger partial charge in [-0.15, -0.1) is 0 Å². The van der Waals surface area contributed by atoms with Crippen LogP contribution in [0.3, 0.4) is 0 Å². The highest BCUT2D eigenvalue weighted by molar-refractivity contribution is 5.87. The van der Waals surface area contributed by atoms with Gasteiger partial charge in [0, 0.05) is 20.2 Å². The van der Waals surface area contributed by atoms with Gasteiger partial charge < -0.3 is 20.1 Å². The van der Waals surface area contributed by atoms with Gasteiger partial charge in [0.2, 0.25) is 11.8 Å². The number of carbonyl (C=O) groups excluding carboxylic acids is 3. The largest absolute Gasteiger partial charge is 0.459 e. The molecule has 0 aromatic carbocycles. The van der Waals surface area contributed by atoms with E-state index < -0.39 is 0 Å². The van der Waals surface area contributed by atoms with E-state index in [9.17, 15) is 14.4 Å². The number of methoxy groups -OCH3 is 1. The van der Waals surface area contributed by atoms with Gasteiger partial charge in [0.25, 0.3) is 0 Å². The number of hydrogen-bond donors (Lipinski definition) is 2. The number of esters is 1. The number of carbonyl (C=O) groups is 3. The maximum absolute atomic E-state index is 12.0. The fourth-order valence-electron chi connectivity index (χ4n) is 8.65. The Morgan fingerprint density at radius 1 is 0.897 bits per heavy atom. The lowest BCUT2D eigenvalue weighted by molar-refractivity contribution is -0.186. The van der Waals surface area contributed by atoms with E-state index in [1.807, 2.05) is 0 Å². The molecule has 0 saturated heterocycles. The van der Waals surface area contributed by atoms with Crippen LogP contribution in [0.2, 0.25) is 0 Å². The van der Waals surface area contributed by atoms with Gasteiger partial charge in [-0.3, -0.25) is 14.4 Å². The lowest BCUT2D eigenvalue weighted by atomic mass is 9.54. The number of nitrogens with one attached hydrogen (secondary N) is 2. The Balaban J connectivity index is 0.000000154. The first-order valence-electron chi connectivity index (χ1n) is 15.0. The van der Waals surface area contributed by atoms with Crippen molar-refractivity contribution in [1.82, 2.24) is 10.6 Å². The monoisotopic (exact) mass is 540 g/mol. The predicted octanol–water partition coefficient (Wildman–Crippen LogP) is 4.73. The summed E-state index contributed by atoms with van der Waals surface area (Å²) in [6.07, 6.45) is 20.9. The van der Waals surface area contributed by atoms with E-state index >= 15 is 0 Å². The Morgan fingerprint density at radius 2 is 1.49 bits per heavy atom. The summed E-state index contributed by atoms with van der Waals surface area (Å²) in [5.41, 5.74) is -0.172. The number of ether oxygens (including phenoxy) is 2. The molecule has 7 aliphatic rings. The summed E-state index contributed by atoms with van der Waals surface area (Å²) in [5.74, 6) is 6.10. The third kappa shape index (κ3) is 7.84. The first-order chi connectivity index (χ1) is 18.8. The van der Waals surface area contributed by atoms with Crippen molar-refractivity contribution in [2.75, 3.05) is 26.8 Å². The summed E-state index contributed by atoms with van der Waals surface area (Å²) in [4.78, 5) is 33.4. The Bertz CT molecular complexity index is 892. The van der Waals surface area contributed by atoms with Crippen LogP contribution in [-0.2, 0) is 23.9 Å². The molecule has 0 aromatic rings. The second-order valence-electron chi connectivity index (χ2n) is 12.5. The maximum Gasteiger partial charge on any atom is 0.308 e. The molecule has 6 bridgehead atoms. The molecule has 7 aliphatic carbocycles. The van der Waals surface area contributed by atoms with Gasteiger partial charge in [-0.2, -0.15) is 0 Å². The number of amides is 2. The van der Waals surface area contributed by atoms with Crippen molar-refractivity contribution in [3.63, 3.8) is 0 Å². The van der Waals surface area contributed by atoms with Crippen molar-refractivity contribution in [3.8, 4) is 0 Å². The standard InChI is InChI=1S/C16H23NO3.C10H14.C6H11NO2/c1-2-14(18)17-4-3-15(19)20-16-8-11-5-12(9-16)7-13(6-11)10-16;1-2-9-7-4-5-8(6-7)10(9)3-1;1-3-6(8)7-4-5-9-2/h2,11-13H,1,3-10H2,(H,17,18);1-2,7-10H,3-6H2;3H,1,4-5H2,2H3,(H,7,8). The minimum atomic E-state index is -0.243. The molecule has 0 aromatic heterocycles. The van der Waals surface area contributed by atoms with E-state index in [1.54, 1.807) is 20.0 Å². The van der Waals surface area contributed by atoms with Crippen molar-refractivity contribution < 1.29 is 23.9 Å². The molecule has 2 amide bonds. The first kappa shape index (κ1) is 29.6. The van der Waals surface area contributed by atoms with E-state index in [4.69, 9.17) is 4.74 Å². The molecule has 4 unspecified atom stereocenters. The van der Waals surface area contributed by atoms with Crippen molar-refractivity contribution >= 4 is 17.8 Å². The van der Waals surface area contributed by atoms with Gasteiger partial charge in [-0.1, -0.05) is 25.3 Å². The number of hydrogen-bond acceptors (Lipinski definition) is 5. The van der Waals surface area contributed by atoms with Crippen LogP contribution < -0.4 is 10.6 Å². The predicted molar refractivity (Wildman–Crippen MR) is 151 cm³/mol. The molecule has 7 heteroatoms. The molecule has 0 aliphatic heterocycles. The minimum absolute atomic E-state index is 0.160. The summed E-state index contributed by atoms with van der Waals surface area (Å²) >= 11 is 0. The summed E-state index contributed by atoms with van der Waals surface area (Å²) < 4.78 is 10.5. The molecule has 6 saturated carbocycles. The molecule has 39 heavy (non-hydrogen) atoms. The smallest absolute Gasteiger partial charge is 0.308 e. The van der Waals surface area contributed by atoms with Gasteiger partial charge >= 0.3 is 5.97 Å². The molecular formula is C32H48N2O5. The highest BCUT2D eigenvalue weighted by Crippen LogP contribution is 2.57. The normalized spacial score (nSPS) is 35.6. The Hall–Kier alpha value is -2.41. The Labute approximate surface area is 234 Å². The molecule has 0 radical (unpaired) electrons. The van der Waals surface area contributed by atoms with Gasteiger partial charge in [-0.25, -0.2) is 0 Å². The highest BCUT2D eigenvalue weighted by atomic mass is 16.6. The summed E-state index contributed by atoms with van der Waals surface area (Å²) in [6, 6.07) is 0. The quantitative estimate of drug-likeness (QED) is 0.191. The number of allylic oxidation sites excluding steroid dienone is 2. The zero-order valence-electron chi connectivity index (χ0n) is 23.7. The van der Waals surface area contributed by atoms with E-state index in [0.717, 1.165) is 60.7 Å². The van der Waals surface area contributed by atoms with E-state index in [0.29, 0.717) is 19.7 Å². The average Bonchev–Trinajstić information content (AvgIpc) is 3.64. The van der Waals surface area contributed by atoms with Crippen LogP contribution in [0.5, 0.6) is 0 Å². The van der Waals surface area contributed by atoms with Crippen LogP contribution in [-0.4, -0.2) is 50.2 Å². The molecule has 0 heterocycles. The molecule has 6 fully saturated rings. The van der Waals surface area contributed by atoms with Crippen LogP contribution in [0, 0.1) is 41.4 Å². The van der Waals surface area contributed by atoms with Crippen LogP contribution in [0.25, 0.3) is 0 Å². The zero-order chi connectivity index (χ0) is 27.8. The molecular weight excluding hydrogens is 492 g/mol. The molecule has 0 spiro atoms. The average molecular weight is 541 g/mol. The number of fused-ring (bicyclic) bond motifs is 5. The number of rotatable bonds is 9. The Kier molecular flexibility index (Phi) is 10.4. The van der Waals surface area contributed by atoms with E-state index in [1.165, 1.54) is 44.3 Å². The second kappa shape index (κ2) is 13.8. The fraction of sp³-hybridized carbons (Fsp3) is 0.719. The SMILES string of the molecule is C1=CC2C3CCC(C3)C2C1.C=CC(=O)NCCC(=O)OC12CC3CC(CC(C3)C1)C2.C=CC(=O)NCCOC. The van der Waals surface area contributed by atoms with Crippen LogP contribution in [0.15, 0.2) is 37.5 Å². The summed E-state index contributed by atoms with van der Waals surface area (Å²) in [6.45, 7) is 8.08. The van der Waals surface area contributed by atoms with Crippen molar-refractivity contribution in [1.29, 1.82) is 0 Å². The van der Waals surface area contributed by atoms with Gasteiger partial charge in [0.15, 0.2) is 0 Å². The Morgan fingerprint density at radius 3 is 2.05 bits per heavy atom. The van der Waals surface area contributed by atoms with Crippen molar-refractivity contribution in [3.05, 3.63) is 37.5 Å². The third-order valence-corrected chi connectivity index (χ3v) is 9.84. The lowest BCUT2D eigenvalue weighted by Crippen LogP contribution is -2.52. The van der Waals surface area contributed by atoms with E-state index in [-0.39, 0.29) is 29.8 Å². The maximum atomic E-state index is 12.0. The summed E-state index contributed by atoms with van der Waals surface area (Å²) in [5, 5.41) is 5.16. The van der Waals surface area contributed by atoms with Crippen molar-refractivity contribution in [2.24, 2.45) is 41.4 Å². The molecule has 7 nitrogen and oxygen atoms in total. The highest BCUT2D eigenvalue weighted by Gasteiger charge is 2.53. The van der Waals surface area contributed by atoms with Crippen LogP contribution in [0.4, 0.5) is 0 Å². The van der Waals surface area contributed by atoms with E-state index in [2.05, 4.69) is 40.7 Å². The van der Waals surface area contributed by atoms with Gasteiger partial charge in [-0.05, 0) is 118 Å². The second-order valence-corrected chi connectivity index (χ2v) is 12.5. The fourth-order valence-corrected chi connectivity index (χ4v) is 8.65. The topological polar surface area (TPSA) is 93.7 Å². The van der Waals surface area contributed by atoms with Crippen molar-refractivity contribution in [2.45, 2.75) is 76.2 Å². The molecule has 4 atom stereocenters. The van der Waals surface area contributed by atoms with Gasteiger partial charge in [0.1, 0.15) is 5.60 Å².